The lowest BCUT2D eigenvalue weighted by atomic mass is 9.90. The van der Waals surface area contributed by atoms with Gasteiger partial charge in [-0.3, -0.25) is 19.8 Å². The van der Waals surface area contributed by atoms with Gasteiger partial charge in [-0.25, -0.2) is 9.59 Å². The Bertz CT molecular complexity index is 795. The summed E-state index contributed by atoms with van der Waals surface area (Å²) in [7, 11) is 0. The van der Waals surface area contributed by atoms with Crippen LogP contribution in [0.2, 0.25) is 0 Å². The van der Waals surface area contributed by atoms with E-state index in [0.717, 1.165) is 10.5 Å². The molecule has 0 aromatic heterocycles. The van der Waals surface area contributed by atoms with Crippen molar-refractivity contribution < 1.29 is 19.2 Å². The molecule has 1 atom stereocenters. The maximum atomic E-state index is 12.9. The van der Waals surface area contributed by atoms with Crippen LogP contribution in [0.3, 0.4) is 0 Å². The summed E-state index contributed by atoms with van der Waals surface area (Å²) in [5.41, 5.74) is -0.0409. The maximum absolute atomic E-state index is 12.9. The molecular weight excluding hydrogens is 360 g/mol. The number of amides is 6. The van der Waals surface area contributed by atoms with E-state index >= 15 is 0 Å². The number of hydrogen-bond donors (Lipinski definition) is 3. The fraction of sp³-hybridized carbons (Fsp3) is 0.500. The van der Waals surface area contributed by atoms with Crippen LogP contribution >= 0.6 is 0 Å². The Balaban J connectivity index is 2.10. The zero-order chi connectivity index (χ0) is 21.3. The van der Waals surface area contributed by atoms with Gasteiger partial charge in [0.25, 0.3) is 5.91 Å². The summed E-state index contributed by atoms with van der Waals surface area (Å²) in [6, 6.07) is 6.07. The summed E-state index contributed by atoms with van der Waals surface area (Å²) >= 11 is 0. The minimum absolute atomic E-state index is 0.343. The van der Waals surface area contributed by atoms with Crippen molar-refractivity contribution >= 4 is 23.9 Å². The molecule has 0 spiro atoms. The van der Waals surface area contributed by atoms with Crippen LogP contribution in [0.25, 0.3) is 0 Å². The molecular formula is C20H28N4O4. The quantitative estimate of drug-likeness (QED) is 0.687. The number of imide groups is 2. The lowest BCUT2D eigenvalue weighted by molar-refractivity contribution is -0.134. The fourth-order valence-electron chi connectivity index (χ4n) is 2.92. The third-order valence-corrected chi connectivity index (χ3v) is 4.47. The Hall–Kier alpha value is -2.90. The second-order valence-electron chi connectivity index (χ2n) is 8.48. The minimum Gasteiger partial charge on any atom is -0.333 e. The summed E-state index contributed by atoms with van der Waals surface area (Å²) in [6.07, 6.45) is 0. The molecule has 3 N–H and O–H groups in total. The van der Waals surface area contributed by atoms with Crippen molar-refractivity contribution in [1.82, 2.24) is 20.9 Å². The molecule has 8 nitrogen and oxygen atoms in total. The molecule has 8 heteroatoms. The number of carbonyl (C=O) groups excluding carboxylic acids is 4. The van der Waals surface area contributed by atoms with Crippen LogP contribution in [-0.2, 0) is 15.1 Å². The molecule has 1 fully saturated rings. The van der Waals surface area contributed by atoms with Crippen LogP contribution < -0.4 is 16.0 Å². The second-order valence-corrected chi connectivity index (χ2v) is 8.48. The Morgan fingerprint density at radius 3 is 2.21 bits per heavy atom. The van der Waals surface area contributed by atoms with Gasteiger partial charge in [0.15, 0.2) is 0 Å². The van der Waals surface area contributed by atoms with Gasteiger partial charge in [0.1, 0.15) is 12.1 Å². The molecule has 0 saturated carbocycles. The van der Waals surface area contributed by atoms with E-state index in [1.807, 2.05) is 12.1 Å². The van der Waals surface area contributed by atoms with Crippen LogP contribution in [0.5, 0.6) is 0 Å². The molecule has 0 unspecified atom stereocenters. The predicted octanol–water partition coefficient (Wildman–Crippen LogP) is 2.20. The van der Waals surface area contributed by atoms with Gasteiger partial charge >= 0.3 is 12.1 Å². The van der Waals surface area contributed by atoms with Crippen molar-refractivity contribution in [2.75, 3.05) is 6.54 Å². The number of nitrogens with one attached hydrogen (secondary N) is 3. The van der Waals surface area contributed by atoms with Crippen molar-refractivity contribution in [3.05, 3.63) is 35.4 Å². The van der Waals surface area contributed by atoms with E-state index in [2.05, 4.69) is 29.8 Å². The van der Waals surface area contributed by atoms with Crippen LogP contribution in [0.1, 0.15) is 58.6 Å². The van der Waals surface area contributed by atoms with Gasteiger partial charge in [-0.15, -0.1) is 0 Å². The van der Waals surface area contributed by atoms with Crippen LogP contribution in [0, 0.1) is 0 Å². The molecule has 2 rings (SSSR count). The van der Waals surface area contributed by atoms with Crippen LogP contribution in [-0.4, -0.2) is 40.9 Å². The molecule has 1 aliphatic rings. The van der Waals surface area contributed by atoms with E-state index in [4.69, 9.17) is 0 Å². The SMILES string of the molecule is CC(C)c1ccc([C@@]2(C)NC(=O)N(CC(=O)NC(=O)NC(C)(C)C)C2=O)cc1. The van der Waals surface area contributed by atoms with Crippen molar-refractivity contribution in [1.29, 1.82) is 0 Å². The summed E-state index contributed by atoms with van der Waals surface area (Å²) < 4.78 is 0. The summed E-state index contributed by atoms with van der Waals surface area (Å²) in [5, 5.41) is 7.36. The molecule has 6 amide bonds. The van der Waals surface area contributed by atoms with Gasteiger partial charge < -0.3 is 10.6 Å². The van der Waals surface area contributed by atoms with Gasteiger partial charge in [0.05, 0.1) is 0 Å². The number of carbonyl (C=O) groups is 4. The van der Waals surface area contributed by atoms with Gasteiger partial charge in [-0.05, 0) is 44.7 Å². The van der Waals surface area contributed by atoms with Crippen LogP contribution in [0.15, 0.2) is 24.3 Å². The Labute approximate surface area is 165 Å². The lowest BCUT2D eigenvalue weighted by Gasteiger charge is -2.23. The zero-order valence-corrected chi connectivity index (χ0v) is 17.2. The highest BCUT2D eigenvalue weighted by Gasteiger charge is 2.49. The number of benzene rings is 1. The molecule has 0 bridgehead atoms. The van der Waals surface area contributed by atoms with Crippen LogP contribution in [0.4, 0.5) is 9.59 Å². The highest BCUT2D eigenvalue weighted by atomic mass is 16.2. The van der Waals surface area contributed by atoms with Crippen molar-refractivity contribution in [3.63, 3.8) is 0 Å². The summed E-state index contributed by atoms with van der Waals surface area (Å²) in [4.78, 5) is 49.9. The van der Waals surface area contributed by atoms with E-state index in [-0.39, 0.29) is 0 Å². The fourth-order valence-corrected chi connectivity index (χ4v) is 2.92. The average Bonchev–Trinajstić information content (AvgIpc) is 2.77. The normalized spacial score (nSPS) is 19.6. The predicted molar refractivity (Wildman–Crippen MR) is 105 cm³/mol. The molecule has 1 saturated heterocycles. The molecule has 1 heterocycles. The Morgan fingerprint density at radius 1 is 1.14 bits per heavy atom. The topological polar surface area (TPSA) is 108 Å². The molecule has 0 aliphatic carbocycles. The second kappa shape index (κ2) is 7.61. The first-order valence-electron chi connectivity index (χ1n) is 9.20. The van der Waals surface area contributed by atoms with Gasteiger partial charge in [-0.1, -0.05) is 38.1 Å². The van der Waals surface area contributed by atoms with Crippen molar-refractivity contribution in [3.8, 4) is 0 Å². The first-order chi connectivity index (χ1) is 12.8. The van der Waals surface area contributed by atoms with E-state index in [0.29, 0.717) is 11.5 Å². The van der Waals surface area contributed by atoms with E-state index < -0.39 is 41.5 Å². The monoisotopic (exact) mass is 388 g/mol. The summed E-state index contributed by atoms with van der Waals surface area (Å²) in [6.45, 7) is 10.5. The zero-order valence-electron chi connectivity index (χ0n) is 17.2. The first-order valence-corrected chi connectivity index (χ1v) is 9.20. The van der Waals surface area contributed by atoms with Gasteiger partial charge in [-0.2, -0.15) is 0 Å². The third kappa shape index (κ3) is 4.68. The standard InChI is InChI=1S/C20H28N4O4/c1-12(2)13-7-9-14(10-8-13)20(6)16(26)24(18(28)23-20)11-15(25)21-17(27)22-19(3,4)5/h7-10,12H,11H2,1-6H3,(H,23,28)(H2,21,22,25,27)/t20-/m1/s1. The van der Waals surface area contributed by atoms with Gasteiger partial charge in [0.2, 0.25) is 5.91 Å². The molecule has 28 heavy (non-hydrogen) atoms. The van der Waals surface area contributed by atoms with E-state index in [9.17, 15) is 19.2 Å². The smallest absolute Gasteiger partial charge is 0.325 e. The molecule has 152 valence electrons. The summed E-state index contributed by atoms with van der Waals surface area (Å²) in [5.74, 6) is -0.944. The van der Waals surface area contributed by atoms with Gasteiger partial charge in [0, 0.05) is 5.54 Å². The number of rotatable bonds is 4. The highest BCUT2D eigenvalue weighted by molar-refractivity contribution is 6.10. The number of nitrogens with zero attached hydrogens (tertiary/aromatic N) is 1. The Kier molecular flexibility index (Phi) is 5.82. The molecule has 1 aliphatic heterocycles. The maximum Gasteiger partial charge on any atom is 0.325 e. The molecule has 1 aromatic carbocycles. The lowest BCUT2D eigenvalue weighted by Crippen LogP contribution is -2.51. The number of hydrogen-bond acceptors (Lipinski definition) is 4. The largest absolute Gasteiger partial charge is 0.333 e. The highest BCUT2D eigenvalue weighted by Crippen LogP contribution is 2.29. The van der Waals surface area contributed by atoms with E-state index in [1.54, 1.807) is 39.8 Å². The van der Waals surface area contributed by atoms with Crippen molar-refractivity contribution in [2.45, 2.75) is 58.5 Å². The number of urea groups is 2. The Morgan fingerprint density at radius 2 is 1.71 bits per heavy atom. The molecule has 1 aromatic rings. The third-order valence-electron chi connectivity index (χ3n) is 4.47. The van der Waals surface area contributed by atoms with E-state index in [1.165, 1.54) is 0 Å². The van der Waals surface area contributed by atoms with Crippen molar-refractivity contribution in [2.24, 2.45) is 0 Å². The first kappa shape index (κ1) is 21.4. The molecule has 0 radical (unpaired) electrons. The average molecular weight is 388 g/mol. The minimum atomic E-state index is -1.26.